The summed E-state index contributed by atoms with van der Waals surface area (Å²) >= 11 is 0.778. The van der Waals surface area contributed by atoms with Crippen LogP contribution in [0.25, 0.3) is 33.6 Å². The van der Waals surface area contributed by atoms with Crippen LogP contribution >= 0.6 is 7.14 Å². The molecular formula is C40H34AuFNO2P-2. The number of nitrogens with zero attached hydrogens (tertiary/aromatic N) is 1. The Bertz CT molecular complexity index is 1880. The van der Waals surface area contributed by atoms with Crippen molar-refractivity contribution < 1.29 is 33.9 Å². The molecular weight excluding hydrogens is 773 g/mol. The Morgan fingerprint density at radius 1 is 0.652 bits per heavy atom. The summed E-state index contributed by atoms with van der Waals surface area (Å²) in [6, 6.07) is 50.6. The third-order valence-electron chi connectivity index (χ3n) is 7.88. The molecule has 0 saturated carbocycles. The van der Waals surface area contributed by atoms with Crippen LogP contribution < -0.4 is 20.7 Å². The van der Waals surface area contributed by atoms with E-state index in [0.29, 0.717) is 0 Å². The van der Waals surface area contributed by atoms with Crippen molar-refractivity contribution in [3.63, 3.8) is 0 Å². The first-order chi connectivity index (χ1) is 22.3. The summed E-state index contributed by atoms with van der Waals surface area (Å²) in [5.74, 6) is 0.744. The van der Waals surface area contributed by atoms with E-state index < -0.39 is 7.14 Å². The van der Waals surface area contributed by atoms with Crippen molar-refractivity contribution in [3.05, 3.63) is 151 Å². The van der Waals surface area contributed by atoms with E-state index in [9.17, 15) is 7.59 Å². The van der Waals surface area contributed by atoms with E-state index in [-0.39, 0.29) is 5.41 Å². The van der Waals surface area contributed by atoms with Crippen LogP contribution in [-0.2, 0) is 31.6 Å². The van der Waals surface area contributed by atoms with E-state index in [4.69, 9.17) is 9.72 Å². The molecule has 0 aliphatic heterocycles. The third-order valence-corrected chi connectivity index (χ3v) is 11.0. The predicted octanol–water partition coefficient (Wildman–Crippen LogP) is 9.05. The zero-order valence-corrected chi connectivity index (χ0v) is 29.2. The molecule has 0 aliphatic carbocycles. The van der Waals surface area contributed by atoms with Crippen molar-refractivity contribution in [1.29, 1.82) is 0 Å². The number of hydrogen-bond acceptors (Lipinski definition) is 3. The van der Waals surface area contributed by atoms with Gasteiger partial charge in [0.1, 0.15) is 0 Å². The van der Waals surface area contributed by atoms with Gasteiger partial charge in [-0.05, 0) is 27.9 Å². The fourth-order valence-corrected chi connectivity index (χ4v) is 7.95. The second-order valence-electron chi connectivity index (χ2n) is 11.8. The molecule has 0 amide bonds. The molecule has 0 aliphatic rings. The Morgan fingerprint density at radius 3 is 1.59 bits per heavy atom. The summed E-state index contributed by atoms with van der Waals surface area (Å²) in [6.07, 6.45) is 0. The van der Waals surface area contributed by atoms with Gasteiger partial charge in [-0.2, -0.15) is 0 Å². The molecule has 0 fully saturated rings. The maximum atomic E-state index is 14.9. The molecule has 0 unspecified atom stereocenters. The average molecular weight is 808 g/mol. The van der Waals surface area contributed by atoms with Crippen LogP contribution in [-0.4, -0.2) is 12.1 Å². The molecule has 6 aromatic rings. The van der Waals surface area contributed by atoms with Gasteiger partial charge in [0.2, 0.25) is 0 Å². The summed E-state index contributed by atoms with van der Waals surface area (Å²) < 4.78 is 29.7. The van der Waals surface area contributed by atoms with Crippen molar-refractivity contribution in [2.75, 3.05) is 7.11 Å². The van der Waals surface area contributed by atoms with E-state index in [1.807, 2.05) is 91.0 Å². The van der Waals surface area contributed by atoms with Gasteiger partial charge in [-0.1, -0.05) is 118 Å². The molecule has 0 bridgehead atoms. The monoisotopic (exact) mass is 807 g/mol. The third kappa shape index (κ3) is 7.17. The van der Waals surface area contributed by atoms with E-state index >= 15 is 0 Å². The Balaban J connectivity index is 0.00000204. The van der Waals surface area contributed by atoms with Gasteiger partial charge < -0.3 is 14.3 Å². The molecule has 46 heavy (non-hydrogen) atoms. The number of hydrogen-bond donors (Lipinski definition) is 0. The fraction of sp³-hybridized carbons (Fsp3) is 0.125. The van der Waals surface area contributed by atoms with Gasteiger partial charge in [0, 0.05) is 21.7 Å². The molecule has 1 aromatic heterocycles. The molecule has 6 heteroatoms. The van der Waals surface area contributed by atoms with E-state index in [2.05, 4.69) is 75.4 Å². The Morgan fingerprint density at radius 2 is 1.15 bits per heavy atom. The number of aromatic nitrogens is 1. The number of halogens is 1. The molecule has 0 atom stereocenters. The van der Waals surface area contributed by atoms with Gasteiger partial charge in [0.15, 0.2) is 7.14 Å². The Labute approximate surface area is 284 Å². The van der Waals surface area contributed by atoms with Crippen LogP contribution in [0.2, 0.25) is 0 Å². The summed E-state index contributed by atoms with van der Waals surface area (Å²) in [6.45, 7) is 6.60. The topological polar surface area (TPSA) is 39.2 Å². The van der Waals surface area contributed by atoms with E-state index in [1.165, 1.54) is 5.56 Å². The maximum absolute atomic E-state index is 14.9. The predicted molar refractivity (Wildman–Crippen MR) is 184 cm³/mol. The van der Waals surface area contributed by atoms with Crippen LogP contribution in [0.4, 0.5) is 3.02 Å². The van der Waals surface area contributed by atoms with Gasteiger partial charge in [0.05, 0.1) is 7.11 Å². The van der Waals surface area contributed by atoms with Crippen molar-refractivity contribution in [2.45, 2.75) is 26.2 Å². The standard InChI is InChI=1S/C40H34NO2P.Au.FH/c1-40(2,3)33-21-15-30(16-22-33)38-27-32(28-39(41-38)31-17-23-34(43-4)24-18-31)29-19-25-37(26-20-29)44(42,35-11-7-5-8-12-35)36-13-9-6-10-14-36;;/h5-15,17,19-28H,1-4H3;;1H/q-2;+1;/p-1. The van der Waals surface area contributed by atoms with Crippen LogP contribution in [0.5, 0.6) is 5.75 Å². The zero-order chi connectivity index (χ0) is 32.7. The first kappa shape index (κ1) is 33.3. The molecule has 0 spiro atoms. The van der Waals surface area contributed by atoms with Gasteiger partial charge in [0.25, 0.3) is 0 Å². The minimum absolute atomic E-state index is 0.0359. The number of rotatable bonds is 7. The number of ether oxygens (including phenoxy) is 1. The quantitative estimate of drug-likeness (QED) is 0.0919. The normalized spacial score (nSPS) is 11.4. The fourth-order valence-electron chi connectivity index (χ4n) is 5.31. The molecule has 5 aromatic carbocycles. The summed E-state index contributed by atoms with van der Waals surface area (Å²) in [7, 11) is -1.42. The van der Waals surface area contributed by atoms with Gasteiger partial charge in [-0.3, -0.25) is 0 Å². The summed E-state index contributed by atoms with van der Waals surface area (Å²) in [5.41, 5.74) is 6.68. The molecule has 236 valence electrons. The first-order valence-electron chi connectivity index (χ1n) is 14.8. The molecule has 0 N–H and O–H groups in total. The van der Waals surface area contributed by atoms with Crippen molar-refractivity contribution in [3.8, 4) is 39.4 Å². The second-order valence-corrected chi connectivity index (χ2v) is 14.6. The van der Waals surface area contributed by atoms with Crippen LogP contribution in [0, 0.1) is 12.1 Å². The summed E-state index contributed by atoms with van der Waals surface area (Å²) in [5, 5.41) is 2.43. The van der Waals surface area contributed by atoms with Crippen molar-refractivity contribution >= 4 is 23.1 Å². The molecule has 3 nitrogen and oxygen atoms in total. The zero-order valence-electron chi connectivity index (χ0n) is 26.1. The number of benzene rings is 5. The molecule has 0 radical (unpaired) electrons. The van der Waals surface area contributed by atoms with Crippen LogP contribution in [0.3, 0.4) is 0 Å². The van der Waals surface area contributed by atoms with Gasteiger partial charge >= 0.3 is 24.6 Å². The molecule has 1 heterocycles. The van der Waals surface area contributed by atoms with Crippen molar-refractivity contribution in [1.82, 2.24) is 4.98 Å². The summed E-state index contributed by atoms with van der Waals surface area (Å²) in [4.78, 5) is 5.04. The molecule has 6 rings (SSSR count). The number of pyridine rings is 1. The van der Waals surface area contributed by atoms with Crippen LogP contribution in [0.1, 0.15) is 26.3 Å². The van der Waals surface area contributed by atoms with Gasteiger partial charge in [-0.25, -0.2) is 0 Å². The van der Waals surface area contributed by atoms with E-state index in [1.54, 1.807) is 7.11 Å². The second kappa shape index (κ2) is 14.6. The minimum atomic E-state index is -3.06. The van der Waals surface area contributed by atoms with E-state index in [0.717, 1.165) is 76.9 Å². The van der Waals surface area contributed by atoms with Crippen molar-refractivity contribution in [2.24, 2.45) is 0 Å². The van der Waals surface area contributed by atoms with Crippen LogP contribution in [0.15, 0.2) is 133 Å². The average Bonchev–Trinajstić information content (AvgIpc) is 3.12. The Hall–Kier alpha value is -4.05. The van der Waals surface area contributed by atoms with Gasteiger partial charge in [-0.15, -0.1) is 65.2 Å². The number of methoxy groups -OCH3 is 1. The molecule has 0 saturated heterocycles. The SMILES string of the molecule is COc1c[c-]c(-c2cc(-c3ccc(P(=O)(c4ccccc4)c4ccccc4)cc3)cc(-c3[c-]cc(C(C)(C)C)cc3)n2)cc1.[F][Au]. The Kier molecular flexibility index (Phi) is 10.6. The first-order valence-corrected chi connectivity index (χ1v) is 17.3.